The van der Waals surface area contributed by atoms with Crippen LogP contribution in [0.5, 0.6) is 5.75 Å². The van der Waals surface area contributed by atoms with Crippen LogP contribution in [0.15, 0.2) is 53.2 Å². The van der Waals surface area contributed by atoms with Crippen molar-refractivity contribution in [3.8, 4) is 5.75 Å². The van der Waals surface area contributed by atoms with Gasteiger partial charge in [0.1, 0.15) is 16.2 Å². The average Bonchev–Trinajstić information content (AvgIpc) is 3.24. The molecule has 216 valence electrons. The average molecular weight is 590 g/mol. The molecule has 1 saturated heterocycles. The molecular formula is C26H27ClF3N9O2. The molecule has 0 bridgehead atoms. The van der Waals surface area contributed by atoms with E-state index in [1.165, 1.54) is 6.20 Å². The number of likely N-dealkylation sites (tertiary alicyclic amines) is 1. The van der Waals surface area contributed by atoms with Crippen LogP contribution in [0.1, 0.15) is 11.1 Å². The molecule has 1 aromatic carbocycles. The lowest BCUT2D eigenvalue weighted by molar-refractivity contribution is -0.137. The van der Waals surface area contributed by atoms with E-state index in [-0.39, 0.29) is 39.9 Å². The quantitative estimate of drug-likeness (QED) is 0.228. The molecular weight excluding hydrogens is 563 g/mol. The van der Waals surface area contributed by atoms with Crippen molar-refractivity contribution in [2.45, 2.75) is 18.8 Å². The third kappa shape index (κ3) is 5.85. The summed E-state index contributed by atoms with van der Waals surface area (Å²) in [5.41, 5.74) is 1.02. The number of fused-ring (bicyclic) bond motifs is 1. The van der Waals surface area contributed by atoms with Gasteiger partial charge in [0, 0.05) is 58.9 Å². The summed E-state index contributed by atoms with van der Waals surface area (Å²) in [6.45, 7) is 1.66. The normalized spacial score (nSPS) is 17.1. The molecule has 0 radical (unpaired) electrons. The number of amidine groups is 1. The van der Waals surface area contributed by atoms with Crippen LogP contribution in [0, 0.1) is 5.41 Å². The van der Waals surface area contributed by atoms with Crippen LogP contribution in [0.4, 0.5) is 24.8 Å². The van der Waals surface area contributed by atoms with Crippen LogP contribution in [-0.2, 0) is 24.5 Å². The second-order valence-electron chi connectivity index (χ2n) is 9.37. The molecule has 4 heterocycles. The summed E-state index contributed by atoms with van der Waals surface area (Å²) < 4.78 is 54.0. The number of nitrogens with zero attached hydrogens (tertiary/aromatic N) is 5. The van der Waals surface area contributed by atoms with Gasteiger partial charge in [0.25, 0.3) is 0 Å². The first-order chi connectivity index (χ1) is 19.6. The number of allylic oxidation sites excluding steroid dienone is 1. The fraction of sp³-hybridized carbons (Fsp3) is 0.308. The van der Waals surface area contributed by atoms with Crippen molar-refractivity contribution in [3.05, 3.63) is 64.4 Å². The van der Waals surface area contributed by atoms with E-state index < -0.39 is 11.7 Å². The summed E-state index contributed by atoms with van der Waals surface area (Å²) in [6.07, 6.45) is 1.07. The molecule has 15 heteroatoms. The van der Waals surface area contributed by atoms with Gasteiger partial charge in [-0.15, -0.1) is 0 Å². The van der Waals surface area contributed by atoms with Gasteiger partial charge in [-0.25, -0.2) is 9.98 Å². The summed E-state index contributed by atoms with van der Waals surface area (Å²) in [4.78, 5) is 15.0. The number of likely N-dealkylation sites (N-methyl/N-ethyl adjacent to an activating group) is 1. The third-order valence-corrected chi connectivity index (χ3v) is 6.99. The maximum atomic E-state index is 13.7. The van der Waals surface area contributed by atoms with E-state index in [0.717, 1.165) is 18.3 Å². The Morgan fingerprint density at radius 2 is 2.07 bits per heavy atom. The summed E-state index contributed by atoms with van der Waals surface area (Å²) >= 11 is 6.69. The zero-order valence-corrected chi connectivity index (χ0v) is 23.1. The van der Waals surface area contributed by atoms with Gasteiger partial charge in [0.15, 0.2) is 23.0 Å². The Labute approximate surface area is 238 Å². The highest BCUT2D eigenvalue weighted by atomic mass is 35.5. The number of aryl methyl sites for hydroxylation is 1. The van der Waals surface area contributed by atoms with Crippen LogP contribution in [0.3, 0.4) is 0 Å². The number of imidazole rings is 1. The lowest BCUT2D eigenvalue weighted by Crippen LogP contribution is -2.50. The molecule has 0 aliphatic carbocycles. The number of anilines is 2. The number of ether oxygens (including phenoxy) is 2. The summed E-state index contributed by atoms with van der Waals surface area (Å²) in [5.74, 6) is 0.962. The van der Waals surface area contributed by atoms with Crippen LogP contribution in [0.2, 0.25) is 5.02 Å². The van der Waals surface area contributed by atoms with Crippen molar-refractivity contribution in [3.63, 3.8) is 0 Å². The fourth-order valence-corrected chi connectivity index (χ4v) is 4.82. The topological polar surface area (TPSA) is 125 Å². The lowest BCUT2D eigenvalue weighted by Gasteiger charge is -2.38. The predicted octanol–water partition coefficient (Wildman–Crippen LogP) is 4.15. The second-order valence-corrected chi connectivity index (χ2v) is 9.75. The fourth-order valence-electron chi connectivity index (χ4n) is 4.52. The predicted molar refractivity (Wildman–Crippen MR) is 150 cm³/mol. The maximum absolute atomic E-state index is 13.7. The summed E-state index contributed by atoms with van der Waals surface area (Å²) in [5, 5.41) is 16.9. The summed E-state index contributed by atoms with van der Waals surface area (Å²) in [6, 6.07) is 3.85. The third-order valence-electron chi connectivity index (χ3n) is 6.62. The van der Waals surface area contributed by atoms with Crippen LogP contribution >= 0.6 is 11.6 Å². The van der Waals surface area contributed by atoms with Crippen molar-refractivity contribution in [2.24, 2.45) is 12.0 Å². The van der Waals surface area contributed by atoms with Crippen molar-refractivity contribution in [1.29, 1.82) is 5.41 Å². The van der Waals surface area contributed by atoms with E-state index >= 15 is 0 Å². The van der Waals surface area contributed by atoms with E-state index in [9.17, 15) is 13.2 Å². The first kappa shape index (κ1) is 28.4. The second kappa shape index (κ2) is 11.4. The number of rotatable bonds is 8. The first-order valence-electron chi connectivity index (χ1n) is 12.5. The highest BCUT2D eigenvalue weighted by Gasteiger charge is 2.32. The molecule has 2 aliphatic rings. The SMILES string of the molecule is CNC1=NC=CN/C1=C(\C=N)Oc1cnc2nc(Nc3cc(CN4CC(OC)C4)cc(C(F)(F)F)c3)n(C)c2c1Cl. The molecule has 3 aromatic rings. The van der Waals surface area contributed by atoms with Gasteiger partial charge in [0.05, 0.1) is 24.1 Å². The number of nitrogens with one attached hydrogen (secondary N) is 4. The zero-order chi connectivity index (χ0) is 29.3. The zero-order valence-electron chi connectivity index (χ0n) is 22.3. The van der Waals surface area contributed by atoms with E-state index in [2.05, 4.69) is 30.9 Å². The number of pyridine rings is 1. The van der Waals surface area contributed by atoms with Crippen molar-refractivity contribution < 1.29 is 22.6 Å². The molecule has 41 heavy (non-hydrogen) atoms. The summed E-state index contributed by atoms with van der Waals surface area (Å²) in [7, 11) is 4.95. The Bertz CT molecular complexity index is 1580. The molecule has 5 rings (SSSR count). The van der Waals surface area contributed by atoms with Gasteiger partial charge in [-0.2, -0.15) is 18.2 Å². The number of benzene rings is 1. The Kier molecular flexibility index (Phi) is 7.89. The molecule has 0 spiro atoms. The Balaban J connectivity index is 1.45. The molecule has 0 saturated carbocycles. The number of alkyl halides is 3. The van der Waals surface area contributed by atoms with E-state index in [4.69, 9.17) is 26.5 Å². The van der Waals surface area contributed by atoms with Gasteiger partial charge >= 0.3 is 6.18 Å². The van der Waals surface area contributed by atoms with Crippen LogP contribution < -0.4 is 20.7 Å². The van der Waals surface area contributed by atoms with Crippen molar-refractivity contribution in [2.75, 3.05) is 32.6 Å². The van der Waals surface area contributed by atoms with Gasteiger partial charge < -0.3 is 35.4 Å². The van der Waals surface area contributed by atoms with Gasteiger partial charge in [-0.3, -0.25) is 4.90 Å². The molecule has 4 N–H and O–H groups in total. The number of aromatic nitrogens is 3. The lowest BCUT2D eigenvalue weighted by atomic mass is 10.1. The van der Waals surface area contributed by atoms with Crippen LogP contribution in [0.25, 0.3) is 11.2 Å². The molecule has 2 aromatic heterocycles. The van der Waals surface area contributed by atoms with Gasteiger partial charge in [-0.1, -0.05) is 11.6 Å². The highest BCUT2D eigenvalue weighted by molar-refractivity contribution is 6.36. The van der Waals surface area contributed by atoms with Crippen molar-refractivity contribution >= 4 is 46.5 Å². The highest BCUT2D eigenvalue weighted by Crippen LogP contribution is 2.36. The van der Waals surface area contributed by atoms with E-state index in [1.54, 1.807) is 44.2 Å². The Morgan fingerprint density at radius 1 is 1.29 bits per heavy atom. The minimum atomic E-state index is -4.53. The molecule has 2 aliphatic heterocycles. The maximum Gasteiger partial charge on any atom is 0.416 e. The molecule has 0 atom stereocenters. The molecule has 11 nitrogen and oxygen atoms in total. The number of hydrogen-bond acceptors (Lipinski definition) is 10. The van der Waals surface area contributed by atoms with E-state index in [1.807, 2.05) is 4.90 Å². The van der Waals surface area contributed by atoms with Crippen LogP contribution in [-0.4, -0.2) is 64.8 Å². The Morgan fingerprint density at radius 3 is 2.76 bits per heavy atom. The minimum absolute atomic E-state index is 0.0880. The number of hydrogen-bond donors (Lipinski definition) is 4. The smallest absolute Gasteiger partial charge is 0.416 e. The van der Waals surface area contributed by atoms with Crippen molar-refractivity contribution in [1.82, 2.24) is 30.1 Å². The van der Waals surface area contributed by atoms with Gasteiger partial charge in [0.2, 0.25) is 5.95 Å². The minimum Gasteiger partial charge on any atom is -0.450 e. The number of aliphatic imine (C=N–C) groups is 1. The standard InChI is InChI=1S/C26H27ClF3N9O2/c1-32-23-21(33-4-5-34-23)18(9-31)41-19-10-35-24-22(20(19)27)38(2)25(37-24)36-16-7-14(6-15(8-16)26(28,29)30)11-39-12-17(13-39)40-3/h4-10,17,31,33H,11-13H2,1-3H3,(H,32,34)(H,35,36,37)/b21-18+,31-9?. The first-order valence-corrected chi connectivity index (χ1v) is 12.8. The largest absolute Gasteiger partial charge is 0.450 e. The molecule has 1 fully saturated rings. The Hall–Kier alpha value is -4.14. The number of halogens is 4. The molecule has 0 unspecified atom stereocenters. The van der Waals surface area contributed by atoms with E-state index in [0.29, 0.717) is 42.2 Å². The van der Waals surface area contributed by atoms with Gasteiger partial charge in [-0.05, 0) is 23.8 Å². The number of methoxy groups -OCH3 is 1. The monoisotopic (exact) mass is 589 g/mol. The molecule has 0 amide bonds.